The molecule has 0 aromatic rings. The maximum Gasteiger partial charge on any atom is 0.254 e. The minimum absolute atomic E-state index is 0.0594. The van der Waals surface area contributed by atoms with Gasteiger partial charge in [-0.05, 0) is 22.0 Å². The van der Waals surface area contributed by atoms with E-state index in [1.165, 1.54) is 0 Å². The van der Waals surface area contributed by atoms with Gasteiger partial charge in [0.15, 0.2) is 0 Å². The quantitative estimate of drug-likeness (QED) is 0.688. The summed E-state index contributed by atoms with van der Waals surface area (Å²) in [6.45, 7) is 0. The van der Waals surface area contributed by atoms with E-state index in [0.29, 0.717) is 4.61 Å². The van der Waals surface area contributed by atoms with Crippen molar-refractivity contribution in [1.29, 1.82) is 0 Å². The molecule has 5 heteroatoms. The van der Waals surface area contributed by atoms with E-state index >= 15 is 0 Å². The first kappa shape index (κ1) is 7.49. The van der Waals surface area contributed by atoms with E-state index in [-0.39, 0.29) is 6.42 Å². The Hall–Kier alpha value is -0.160. The predicted octanol–water partition coefficient (Wildman–Crippen LogP) is 1.78. The van der Waals surface area contributed by atoms with Crippen LogP contribution < -0.4 is 5.48 Å². The first-order chi connectivity index (χ1) is 5.09. The molecule has 1 aliphatic carbocycles. The fourth-order valence-electron chi connectivity index (χ4n) is 1.13. The largest absolute Gasteiger partial charge is 0.268 e. The smallest absolute Gasteiger partial charge is 0.254 e. The third-order valence-electron chi connectivity index (χ3n) is 1.87. The zero-order valence-corrected chi connectivity index (χ0v) is 7.07. The summed E-state index contributed by atoms with van der Waals surface area (Å²) < 4.78 is 25.5. The standard InChI is InChI=1S/C6H6BrF2NO/c7-5-1-4(11-10-5)3-2-6(3,8)9/h1,3-4,10H,2H2. The summed E-state index contributed by atoms with van der Waals surface area (Å²) in [5.41, 5.74) is 2.47. The molecule has 0 amide bonds. The van der Waals surface area contributed by atoms with Crippen molar-refractivity contribution < 1.29 is 13.6 Å². The average molecular weight is 226 g/mol. The highest BCUT2D eigenvalue weighted by Crippen LogP contribution is 2.52. The van der Waals surface area contributed by atoms with Gasteiger partial charge in [-0.2, -0.15) is 0 Å². The topological polar surface area (TPSA) is 21.3 Å². The van der Waals surface area contributed by atoms with Gasteiger partial charge in [0, 0.05) is 6.42 Å². The van der Waals surface area contributed by atoms with Crippen molar-refractivity contribution in [2.75, 3.05) is 0 Å². The molecular formula is C6H6BrF2NO. The highest BCUT2D eigenvalue weighted by atomic mass is 79.9. The van der Waals surface area contributed by atoms with Crippen LogP contribution in [-0.2, 0) is 4.84 Å². The lowest BCUT2D eigenvalue weighted by molar-refractivity contribution is -0.000519. The SMILES string of the molecule is FC1(F)CC1C1C=C(Br)NO1. The maximum absolute atomic E-state index is 12.4. The highest BCUT2D eigenvalue weighted by molar-refractivity contribution is 9.11. The average Bonchev–Trinajstić information content (AvgIpc) is 2.39. The van der Waals surface area contributed by atoms with Gasteiger partial charge >= 0.3 is 0 Å². The van der Waals surface area contributed by atoms with Crippen molar-refractivity contribution in [3.05, 3.63) is 10.7 Å². The zero-order chi connectivity index (χ0) is 8.06. The van der Waals surface area contributed by atoms with Crippen molar-refractivity contribution in [3.8, 4) is 0 Å². The molecule has 0 spiro atoms. The Balaban J connectivity index is 2.00. The number of nitrogens with one attached hydrogen (secondary N) is 1. The molecule has 62 valence electrons. The van der Waals surface area contributed by atoms with Crippen LogP contribution in [0.25, 0.3) is 0 Å². The maximum atomic E-state index is 12.4. The van der Waals surface area contributed by atoms with Gasteiger partial charge in [0.05, 0.1) is 5.92 Å². The van der Waals surface area contributed by atoms with Gasteiger partial charge in [0.2, 0.25) is 0 Å². The van der Waals surface area contributed by atoms with Gasteiger partial charge in [-0.15, -0.1) is 0 Å². The number of hydrogen-bond acceptors (Lipinski definition) is 2. The molecule has 1 heterocycles. The van der Waals surface area contributed by atoms with Crippen molar-refractivity contribution in [2.45, 2.75) is 18.4 Å². The lowest BCUT2D eigenvalue weighted by atomic mass is 10.2. The predicted molar refractivity (Wildman–Crippen MR) is 38.1 cm³/mol. The molecule has 2 atom stereocenters. The number of halogens is 3. The summed E-state index contributed by atoms with van der Waals surface area (Å²) in [7, 11) is 0. The fourth-order valence-corrected chi connectivity index (χ4v) is 1.48. The number of alkyl halides is 2. The van der Waals surface area contributed by atoms with Crippen LogP contribution in [-0.4, -0.2) is 12.0 Å². The lowest BCUT2D eigenvalue weighted by Crippen LogP contribution is -2.16. The van der Waals surface area contributed by atoms with Gasteiger partial charge in [-0.1, -0.05) is 0 Å². The second kappa shape index (κ2) is 2.17. The Morgan fingerprint density at radius 2 is 2.36 bits per heavy atom. The minimum Gasteiger partial charge on any atom is -0.268 e. The summed E-state index contributed by atoms with van der Waals surface area (Å²) >= 11 is 3.09. The summed E-state index contributed by atoms with van der Waals surface area (Å²) in [6.07, 6.45) is 1.08. The number of hydrogen-bond donors (Lipinski definition) is 1. The molecule has 1 fully saturated rings. The van der Waals surface area contributed by atoms with E-state index in [0.717, 1.165) is 0 Å². The monoisotopic (exact) mass is 225 g/mol. The van der Waals surface area contributed by atoms with Crippen LogP contribution in [0.4, 0.5) is 8.78 Å². The first-order valence-electron chi connectivity index (χ1n) is 3.26. The summed E-state index contributed by atoms with van der Waals surface area (Å²) in [6, 6.07) is 0. The molecule has 2 unspecified atom stereocenters. The van der Waals surface area contributed by atoms with Crippen LogP contribution in [0.3, 0.4) is 0 Å². The van der Waals surface area contributed by atoms with Crippen molar-refractivity contribution >= 4 is 15.9 Å². The van der Waals surface area contributed by atoms with Crippen molar-refractivity contribution in [2.24, 2.45) is 5.92 Å². The normalized spacial score (nSPS) is 39.7. The van der Waals surface area contributed by atoms with E-state index < -0.39 is 17.9 Å². The highest BCUT2D eigenvalue weighted by Gasteiger charge is 2.61. The molecular weight excluding hydrogens is 220 g/mol. The molecule has 0 aromatic carbocycles. The van der Waals surface area contributed by atoms with Crippen LogP contribution >= 0.6 is 15.9 Å². The van der Waals surface area contributed by atoms with Gasteiger partial charge in [0.1, 0.15) is 10.7 Å². The minimum atomic E-state index is -2.51. The second-order valence-corrected chi connectivity index (χ2v) is 3.63. The Labute approximate surface area is 70.7 Å². The molecule has 1 saturated carbocycles. The Morgan fingerprint density at radius 3 is 2.73 bits per heavy atom. The summed E-state index contributed by atoms with van der Waals surface area (Å²) in [5.74, 6) is -3.15. The van der Waals surface area contributed by atoms with Crippen LogP contribution in [0.5, 0.6) is 0 Å². The summed E-state index contributed by atoms with van der Waals surface area (Å²) in [5, 5.41) is 0. The van der Waals surface area contributed by atoms with E-state index in [1.54, 1.807) is 6.08 Å². The van der Waals surface area contributed by atoms with Crippen molar-refractivity contribution in [1.82, 2.24) is 5.48 Å². The zero-order valence-electron chi connectivity index (χ0n) is 5.48. The third kappa shape index (κ3) is 1.27. The first-order valence-corrected chi connectivity index (χ1v) is 4.06. The van der Waals surface area contributed by atoms with Gasteiger partial charge in [-0.25, -0.2) is 8.78 Å². The fraction of sp³-hybridized carbons (Fsp3) is 0.667. The van der Waals surface area contributed by atoms with E-state index in [2.05, 4.69) is 21.4 Å². The molecule has 1 aliphatic heterocycles. The second-order valence-electron chi connectivity index (χ2n) is 2.77. The van der Waals surface area contributed by atoms with E-state index in [1.807, 2.05) is 0 Å². The molecule has 0 radical (unpaired) electrons. The summed E-state index contributed by atoms with van der Waals surface area (Å²) in [4.78, 5) is 4.86. The molecule has 2 aliphatic rings. The van der Waals surface area contributed by atoms with Gasteiger partial charge in [0.25, 0.3) is 5.92 Å². The number of hydroxylamine groups is 1. The molecule has 2 rings (SSSR count). The molecule has 0 saturated heterocycles. The molecule has 11 heavy (non-hydrogen) atoms. The molecule has 2 nitrogen and oxygen atoms in total. The Bertz CT molecular complexity index is 219. The van der Waals surface area contributed by atoms with Gasteiger partial charge < -0.3 is 0 Å². The van der Waals surface area contributed by atoms with Crippen molar-refractivity contribution in [3.63, 3.8) is 0 Å². The lowest BCUT2D eigenvalue weighted by Gasteiger charge is -2.04. The Morgan fingerprint density at radius 1 is 1.73 bits per heavy atom. The third-order valence-corrected chi connectivity index (χ3v) is 2.30. The van der Waals surface area contributed by atoms with Crippen LogP contribution in [0.15, 0.2) is 10.7 Å². The Kier molecular flexibility index (Phi) is 1.47. The van der Waals surface area contributed by atoms with Gasteiger partial charge in [-0.3, -0.25) is 10.3 Å². The van der Waals surface area contributed by atoms with Crippen LogP contribution in [0.2, 0.25) is 0 Å². The molecule has 1 N–H and O–H groups in total. The van der Waals surface area contributed by atoms with E-state index in [9.17, 15) is 8.78 Å². The van der Waals surface area contributed by atoms with E-state index in [4.69, 9.17) is 4.84 Å². The number of rotatable bonds is 1. The molecule has 0 aromatic heterocycles. The van der Waals surface area contributed by atoms with Crippen LogP contribution in [0, 0.1) is 5.92 Å². The van der Waals surface area contributed by atoms with Crippen LogP contribution in [0.1, 0.15) is 6.42 Å². The molecule has 0 bridgehead atoms.